The van der Waals surface area contributed by atoms with Crippen LogP contribution in [0.4, 0.5) is 0 Å². The smallest absolute Gasteiger partial charge is 0.123 e. The van der Waals surface area contributed by atoms with Crippen LogP contribution in [0.25, 0.3) is 0 Å². The van der Waals surface area contributed by atoms with E-state index in [1.165, 1.54) is 0 Å². The van der Waals surface area contributed by atoms with Crippen molar-refractivity contribution in [2.24, 2.45) is 5.73 Å². The van der Waals surface area contributed by atoms with E-state index in [-0.39, 0.29) is 18.2 Å². The molecule has 1 aromatic rings. The van der Waals surface area contributed by atoms with Crippen molar-refractivity contribution >= 4 is 12.4 Å². The molecule has 4 N–H and O–H groups in total. The fourth-order valence-electron chi connectivity index (χ4n) is 1.75. The Bertz CT molecular complexity index is 344. The lowest BCUT2D eigenvalue weighted by Crippen LogP contribution is -2.26. The quantitative estimate of drug-likeness (QED) is 0.762. The van der Waals surface area contributed by atoms with Gasteiger partial charge in [0.15, 0.2) is 0 Å². The lowest BCUT2D eigenvalue weighted by molar-refractivity contribution is 0.131. The summed E-state index contributed by atoms with van der Waals surface area (Å²) in [5, 5.41) is 19.7. The van der Waals surface area contributed by atoms with E-state index in [2.05, 4.69) is 6.92 Å². The van der Waals surface area contributed by atoms with E-state index in [4.69, 9.17) is 5.73 Å². The third-order valence-electron chi connectivity index (χ3n) is 2.90. The number of aliphatic hydroxyl groups is 1. The van der Waals surface area contributed by atoms with Gasteiger partial charge >= 0.3 is 0 Å². The van der Waals surface area contributed by atoms with Crippen LogP contribution in [-0.4, -0.2) is 16.3 Å². The zero-order valence-electron chi connectivity index (χ0n) is 10.4. The van der Waals surface area contributed by atoms with Gasteiger partial charge in [-0.05, 0) is 18.9 Å². The molecule has 4 heteroatoms. The lowest BCUT2D eigenvalue weighted by Gasteiger charge is -2.20. The molecule has 17 heavy (non-hydrogen) atoms. The van der Waals surface area contributed by atoms with Crippen molar-refractivity contribution in [1.82, 2.24) is 0 Å². The minimum atomic E-state index is -0.590. The Morgan fingerprint density at radius 3 is 2.59 bits per heavy atom. The van der Waals surface area contributed by atoms with Crippen LogP contribution in [0.2, 0.25) is 0 Å². The molecular weight excluding hydrogens is 238 g/mol. The number of halogens is 1. The van der Waals surface area contributed by atoms with Gasteiger partial charge < -0.3 is 15.9 Å². The second kappa shape index (κ2) is 7.54. The van der Waals surface area contributed by atoms with Gasteiger partial charge in [0, 0.05) is 5.56 Å². The minimum absolute atomic E-state index is 0. The van der Waals surface area contributed by atoms with Crippen LogP contribution in [0.15, 0.2) is 18.2 Å². The van der Waals surface area contributed by atoms with Gasteiger partial charge in [-0.15, -0.1) is 12.4 Å². The van der Waals surface area contributed by atoms with Crippen LogP contribution in [-0.2, 0) is 0 Å². The van der Waals surface area contributed by atoms with Crippen molar-refractivity contribution in [2.75, 3.05) is 0 Å². The Balaban J connectivity index is 0.00000256. The minimum Gasteiger partial charge on any atom is -0.507 e. The summed E-state index contributed by atoms with van der Waals surface area (Å²) in [6, 6.07) is 4.93. The average Bonchev–Trinajstić information content (AvgIpc) is 2.28. The second-order valence-corrected chi connectivity index (χ2v) is 4.25. The average molecular weight is 260 g/mol. The highest BCUT2D eigenvalue weighted by molar-refractivity contribution is 5.85. The molecule has 2 atom stereocenters. The number of aryl methyl sites for hydroxylation is 1. The Labute approximate surface area is 109 Å². The van der Waals surface area contributed by atoms with Crippen molar-refractivity contribution in [2.45, 2.75) is 45.3 Å². The number of phenols is 1. The first-order valence-electron chi connectivity index (χ1n) is 5.80. The molecule has 0 amide bonds. The van der Waals surface area contributed by atoms with E-state index >= 15 is 0 Å². The number of phenolic OH excluding ortho intramolecular Hbond substituents is 1. The summed E-state index contributed by atoms with van der Waals surface area (Å²) in [5.41, 5.74) is 7.35. The molecule has 0 aliphatic carbocycles. The highest BCUT2D eigenvalue weighted by Gasteiger charge is 2.19. The van der Waals surface area contributed by atoms with E-state index in [0.29, 0.717) is 12.0 Å². The highest BCUT2D eigenvalue weighted by Crippen LogP contribution is 2.29. The van der Waals surface area contributed by atoms with Crippen LogP contribution < -0.4 is 5.73 Å². The van der Waals surface area contributed by atoms with Crippen LogP contribution >= 0.6 is 12.4 Å². The van der Waals surface area contributed by atoms with Crippen LogP contribution in [0, 0.1) is 6.92 Å². The van der Waals surface area contributed by atoms with E-state index < -0.39 is 12.1 Å². The number of rotatable bonds is 5. The van der Waals surface area contributed by atoms with E-state index in [1.807, 2.05) is 19.1 Å². The van der Waals surface area contributed by atoms with Gasteiger partial charge in [0.2, 0.25) is 0 Å². The third-order valence-corrected chi connectivity index (χ3v) is 2.90. The Hall–Kier alpha value is -0.770. The molecule has 0 saturated carbocycles. The normalized spacial score (nSPS) is 13.9. The molecule has 0 bridgehead atoms. The molecule has 3 nitrogen and oxygen atoms in total. The maximum Gasteiger partial charge on any atom is 0.123 e. The fourth-order valence-corrected chi connectivity index (χ4v) is 1.75. The molecule has 0 saturated heterocycles. The number of hydrogen-bond donors (Lipinski definition) is 3. The van der Waals surface area contributed by atoms with Gasteiger partial charge in [0.25, 0.3) is 0 Å². The molecule has 0 unspecified atom stereocenters. The maximum atomic E-state index is 9.88. The number of nitrogens with two attached hydrogens (primary N) is 1. The molecule has 0 aliphatic heterocycles. The van der Waals surface area contributed by atoms with Crippen LogP contribution in [0.5, 0.6) is 5.75 Å². The molecule has 0 aliphatic rings. The van der Waals surface area contributed by atoms with E-state index in [0.717, 1.165) is 18.4 Å². The molecule has 0 spiro atoms. The highest BCUT2D eigenvalue weighted by atomic mass is 35.5. The second-order valence-electron chi connectivity index (χ2n) is 4.25. The van der Waals surface area contributed by atoms with Crippen molar-refractivity contribution in [3.63, 3.8) is 0 Å². The summed E-state index contributed by atoms with van der Waals surface area (Å²) in [7, 11) is 0. The summed E-state index contributed by atoms with van der Waals surface area (Å²) < 4.78 is 0. The standard InChI is InChI=1S/C13H21NO2.ClH/c1-3-4-8-11(15)12(14)10-7-5-6-9(2)13(10)16;/h5-7,11-12,15-16H,3-4,8,14H2,1-2H3;1H/t11-,12+;/m1./s1. The van der Waals surface area contributed by atoms with E-state index in [1.54, 1.807) is 6.07 Å². The van der Waals surface area contributed by atoms with Crippen molar-refractivity contribution < 1.29 is 10.2 Å². The molecule has 0 radical (unpaired) electrons. The predicted molar refractivity (Wildman–Crippen MR) is 72.6 cm³/mol. The lowest BCUT2D eigenvalue weighted by atomic mass is 9.96. The molecular formula is C13H22ClNO2. The Morgan fingerprint density at radius 1 is 1.35 bits per heavy atom. The zero-order chi connectivity index (χ0) is 12.1. The summed E-state index contributed by atoms with van der Waals surface area (Å²) >= 11 is 0. The number of aliphatic hydroxyl groups excluding tert-OH is 1. The van der Waals surface area contributed by atoms with Gasteiger partial charge in [0.05, 0.1) is 12.1 Å². The molecule has 1 aromatic carbocycles. The van der Waals surface area contributed by atoms with Crippen LogP contribution in [0.1, 0.15) is 43.4 Å². The number of aromatic hydroxyl groups is 1. The first-order chi connectivity index (χ1) is 7.57. The topological polar surface area (TPSA) is 66.5 Å². The predicted octanol–water partition coefficient (Wildman–Crippen LogP) is 2.67. The molecule has 0 aromatic heterocycles. The van der Waals surface area contributed by atoms with Crippen molar-refractivity contribution in [1.29, 1.82) is 0 Å². The number of para-hydroxylation sites is 1. The van der Waals surface area contributed by atoms with Gasteiger partial charge in [-0.3, -0.25) is 0 Å². The van der Waals surface area contributed by atoms with Gasteiger partial charge in [0.1, 0.15) is 5.75 Å². The molecule has 98 valence electrons. The number of hydrogen-bond acceptors (Lipinski definition) is 3. The molecule has 0 heterocycles. The summed E-state index contributed by atoms with van der Waals surface area (Å²) in [4.78, 5) is 0. The summed E-state index contributed by atoms with van der Waals surface area (Å²) in [5.74, 6) is 0.200. The first-order valence-corrected chi connectivity index (χ1v) is 5.80. The van der Waals surface area contributed by atoms with Gasteiger partial charge in [-0.1, -0.05) is 38.0 Å². The number of unbranched alkanes of at least 4 members (excludes halogenated alkanes) is 1. The van der Waals surface area contributed by atoms with Gasteiger partial charge in [-0.25, -0.2) is 0 Å². The SMILES string of the molecule is CCCC[C@@H](O)[C@@H](N)c1cccc(C)c1O.Cl. The summed E-state index contributed by atoms with van der Waals surface area (Å²) in [6.45, 7) is 3.90. The van der Waals surface area contributed by atoms with E-state index in [9.17, 15) is 10.2 Å². The Kier molecular flexibility index (Phi) is 7.19. The molecule has 1 rings (SSSR count). The van der Waals surface area contributed by atoms with Crippen molar-refractivity contribution in [3.8, 4) is 5.75 Å². The fraction of sp³-hybridized carbons (Fsp3) is 0.538. The van der Waals surface area contributed by atoms with Gasteiger partial charge in [-0.2, -0.15) is 0 Å². The number of benzene rings is 1. The third kappa shape index (κ3) is 4.19. The zero-order valence-corrected chi connectivity index (χ0v) is 11.2. The largest absolute Gasteiger partial charge is 0.507 e. The monoisotopic (exact) mass is 259 g/mol. The first kappa shape index (κ1) is 16.2. The summed E-state index contributed by atoms with van der Waals surface area (Å²) in [6.07, 6.45) is 2.06. The van der Waals surface area contributed by atoms with Crippen molar-refractivity contribution in [3.05, 3.63) is 29.3 Å². The molecule has 0 fully saturated rings. The van der Waals surface area contributed by atoms with Crippen LogP contribution in [0.3, 0.4) is 0 Å². The Morgan fingerprint density at radius 2 is 2.00 bits per heavy atom. The maximum absolute atomic E-state index is 9.88.